The highest BCUT2D eigenvalue weighted by Gasteiger charge is 2.37. The Hall–Kier alpha value is -0.0800. The first-order chi connectivity index (χ1) is 6.72. The van der Waals surface area contributed by atoms with Gasteiger partial charge in [0.2, 0.25) is 0 Å². The van der Waals surface area contributed by atoms with Crippen molar-refractivity contribution < 1.29 is 5.11 Å². The molecule has 2 nitrogen and oxygen atoms in total. The molecule has 0 bridgehead atoms. The van der Waals surface area contributed by atoms with Crippen molar-refractivity contribution in [2.45, 2.75) is 77.5 Å². The highest BCUT2D eigenvalue weighted by Crippen LogP contribution is 2.28. The van der Waals surface area contributed by atoms with Crippen molar-refractivity contribution in [2.75, 3.05) is 0 Å². The molecule has 0 radical (unpaired) electrons. The molecule has 1 saturated carbocycles. The number of aliphatic hydroxyl groups is 1. The lowest BCUT2D eigenvalue weighted by Crippen LogP contribution is -2.59. The van der Waals surface area contributed by atoms with Gasteiger partial charge in [0.05, 0.1) is 5.60 Å². The van der Waals surface area contributed by atoms with E-state index in [4.69, 9.17) is 0 Å². The Bertz CT molecular complexity index is 205. The van der Waals surface area contributed by atoms with Crippen LogP contribution >= 0.6 is 0 Å². The summed E-state index contributed by atoms with van der Waals surface area (Å²) in [7, 11) is 0. The molecule has 0 saturated heterocycles. The van der Waals surface area contributed by atoms with E-state index in [9.17, 15) is 5.11 Å². The normalized spacial score (nSPS) is 29.2. The van der Waals surface area contributed by atoms with Crippen LogP contribution in [-0.2, 0) is 0 Å². The van der Waals surface area contributed by atoms with Crippen molar-refractivity contribution in [3.8, 4) is 0 Å². The highest BCUT2D eigenvalue weighted by molar-refractivity contribution is 4.96. The van der Waals surface area contributed by atoms with Gasteiger partial charge in [0.25, 0.3) is 0 Å². The van der Waals surface area contributed by atoms with Crippen molar-refractivity contribution in [1.82, 2.24) is 5.32 Å². The van der Waals surface area contributed by atoms with E-state index in [0.717, 1.165) is 5.92 Å². The smallest absolute Gasteiger partial charge is 0.0767 e. The number of hydrogen-bond acceptors (Lipinski definition) is 2. The van der Waals surface area contributed by atoms with Gasteiger partial charge in [0.1, 0.15) is 0 Å². The van der Waals surface area contributed by atoms with Crippen molar-refractivity contribution >= 4 is 0 Å². The summed E-state index contributed by atoms with van der Waals surface area (Å²) >= 11 is 0. The quantitative estimate of drug-likeness (QED) is 0.755. The van der Waals surface area contributed by atoms with Crippen molar-refractivity contribution in [1.29, 1.82) is 0 Å². The average Bonchev–Trinajstić information content (AvgIpc) is 2.00. The van der Waals surface area contributed by atoms with Crippen LogP contribution in [0, 0.1) is 5.92 Å². The molecule has 0 aromatic rings. The van der Waals surface area contributed by atoms with Gasteiger partial charge in [-0.15, -0.1) is 0 Å². The molecule has 90 valence electrons. The van der Waals surface area contributed by atoms with Crippen molar-refractivity contribution in [2.24, 2.45) is 5.92 Å². The second-order valence-electron chi connectivity index (χ2n) is 6.30. The molecule has 1 aliphatic rings. The molecule has 0 heterocycles. The van der Waals surface area contributed by atoms with Gasteiger partial charge in [-0.05, 0) is 46.5 Å². The Morgan fingerprint density at radius 1 is 1.13 bits per heavy atom. The van der Waals surface area contributed by atoms with E-state index in [1.165, 1.54) is 25.7 Å². The van der Waals surface area contributed by atoms with Crippen LogP contribution in [0.15, 0.2) is 0 Å². The van der Waals surface area contributed by atoms with E-state index in [1.807, 2.05) is 13.8 Å². The van der Waals surface area contributed by atoms with Crippen molar-refractivity contribution in [3.63, 3.8) is 0 Å². The molecule has 0 aromatic carbocycles. The third-order valence-electron chi connectivity index (χ3n) is 4.03. The molecule has 0 amide bonds. The molecule has 15 heavy (non-hydrogen) atoms. The summed E-state index contributed by atoms with van der Waals surface area (Å²) in [5.41, 5.74) is -0.886. The van der Waals surface area contributed by atoms with Gasteiger partial charge in [-0.25, -0.2) is 0 Å². The predicted molar refractivity (Wildman–Crippen MR) is 64.9 cm³/mol. The Morgan fingerprint density at radius 2 is 1.73 bits per heavy atom. The van der Waals surface area contributed by atoms with E-state index in [-0.39, 0.29) is 5.54 Å². The summed E-state index contributed by atoms with van der Waals surface area (Å²) in [6.45, 7) is 10.3. The first kappa shape index (κ1) is 13.0. The van der Waals surface area contributed by atoms with E-state index >= 15 is 0 Å². The Balaban J connectivity index is 2.53. The summed E-state index contributed by atoms with van der Waals surface area (Å²) in [6, 6.07) is 0.579. The minimum absolute atomic E-state index is 0.214. The van der Waals surface area contributed by atoms with Crippen LogP contribution < -0.4 is 5.32 Å². The zero-order chi connectivity index (χ0) is 11.7. The molecule has 2 atom stereocenters. The molecule has 1 fully saturated rings. The molecule has 0 aromatic heterocycles. The maximum atomic E-state index is 10.1. The van der Waals surface area contributed by atoms with Crippen LogP contribution in [0.4, 0.5) is 0 Å². The van der Waals surface area contributed by atoms with Crippen LogP contribution in [0.3, 0.4) is 0 Å². The van der Waals surface area contributed by atoms with Crippen LogP contribution in [0.1, 0.15) is 60.3 Å². The number of rotatable bonds is 3. The summed E-state index contributed by atoms with van der Waals surface area (Å²) in [4.78, 5) is 0. The van der Waals surface area contributed by atoms with E-state index in [0.29, 0.717) is 6.04 Å². The molecule has 1 aliphatic carbocycles. The largest absolute Gasteiger partial charge is 0.389 e. The molecule has 1 rings (SSSR count). The summed E-state index contributed by atoms with van der Waals surface area (Å²) < 4.78 is 0. The summed E-state index contributed by atoms with van der Waals surface area (Å²) in [5, 5.41) is 13.7. The summed E-state index contributed by atoms with van der Waals surface area (Å²) in [5.74, 6) is 0.828. The monoisotopic (exact) mass is 213 g/mol. The molecular formula is C13H27NO. The molecule has 0 aliphatic heterocycles. The Kier molecular flexibility index (Phi) is 3.83. The maximum Gasteiger partial charge on any atom is 0.0767 e. The lowest BCUT2D eigenvalue weighted by Gasteiger charge is -2.42. The van der Waals surface area contributed by atoms with Gasteiger partial charge in [0, 0.05) is 11.6 Å². The molecular weight excluding hydrogens is 186 g/mol. The topological polar surface area (TPSA) is 32.3 Å². The van der Waals surface area contributed by atoms with Gasteiger partial charge in [-0.3, -0.25) is 0 Å². The SMILES string of the molecule is CC1CCCC(NC(C)(C)C(C)(C)O)C1. The second kappa shape index (κ2) is 4.42. The third kappa shape index (κ3) is 3.46. The zero-order valence-electron chi connectivity index (χ0n) is 10.9. The Morgan fingerprint density at radius 3 is 2.20 bits per heavy atom. The van der Waals surface area contributed by atoms with Gasteiger partial charge in [-0.2, -0.15) is 0 Å². The zero-order valence-corrected chi connectivity index (χ0v) is 10.9. The van der Waals surface area contributed by atoms with Gasteiger partial charge >= 0.3 is 0 Å². The fraction of sp³-hybridized carbons (Fsp3) is 1.00. The van der Waals surface area contributed by atoms with Gasteiger partial charge in [0.15, 0.2) is 0 Å². The van der Waals surface area contributed by atoms with Crippen LogP contribution in [-0.4, -0.2) is 22.3 Å². The van der Waals surface area contributed by atoms with Gasteiger partial charge < -0.3 is 10.4 Å². The van der Waals surface area contributed by atoms with Crippen LogP contribution in [0.25, 0.3) is 0 Å². The molecule has 2 N–H and O–H groups in total. The predicted octanol–water partition coefficient (Wildman–Crippen LogP) is 2.70. The average molecular weight is 213 g/mol. The fourth-order valence-electron chi connectivity index (χ4n) is 2.25. The van der Waals surface area contributed by atoms with Gasteiger partial charge in [-0.1, -0.05) is 19.8 Å². The number of nitrogens with one attached hydrogen (secondary N) is 1. The second-order valence-corrected chi connectivity index (χ2v) is 6.30. The van der Waals surface area contributed by atoms with Crippen LogP contribution in [0.5, 0.6) is 0 Å². The third-order valence-corrected chi connectivity index (χ3v) is 4.03. The minimum atomic E-state index is -0.673. The lowest BCUT2D eigenvalue weighted by atomic mass is 9.81. The standard InChI is InChI=1S/C13H27NO/c1-10-7-6-8-11(9-10)14-12(2,3)13(4,5)15/h10-11,14-15H,6-9H2,1-5H3. The first-order valence-corrected chi connectivity index (χ1v) is 6.22. The lowest BCUT2D eigenvalue weighted by molar-refractivity contribution is -0.0133. The summed E-state index contributed by atoms with van der Waals surface area (Å²) in [6.07, 6.45) is 5.19. The minimum Gasteiger partial charge on any atom is -0.389 e. The Labute approximate surface area is 94.5 Å². The fourth-order valence-corrected chi connectivity index (χ4v) is 2.25. The van der Waals surface area contributed by atoms with E-state index in [1.54, 1.807) is 0 Å². The van der Waals surface area contributed by atoms with E-state index in [2.05, 4.69) is 26.1 Å². The number of hydrogen-bond donors (Lipinski definition) is 2. The van der Waals surface area contributed by atoms with Crippen LogP contribution in [0.2, 0.25) is 0 Å². The van der Waals surface area contributed by atoms with E-state index < -0.39 is 5.60 Å². The molecule has 2 unspecified atom stereocenters. The van der Waals surface area contributed by atoms with Crippen molar-refractivity contribution in [3.05, 3.63) is 0 Å². The highest BCUT2D eigenvalue weighted by atomic mass is 16.3. The molecule has 0 spiro atoms. The first-order valence-electron chi connectivity index (χ1n) is 6.22. The molecule has 2 heteroatoms. The maximum absolute atomic E-state index is 10.1.